The second-order valence-corrected chi connectivity index (χ2v) is 11.2. The summed E-state index contributed by atoms with van der Waals surface area (Å²) in [4.78, 5) is 42.1. The minimum atomic E-state index is -0.828. The lowest BCUT2D eigenvalue weighted by molar-refractivity contribution is -0.149. The van der Waals surface area contributed by atoms with Crippen molar-refractivity contribution >= 4 is 17.9 Å². The molecule has 0 aliphatic rings. The first-order valence-electron chi connectivity index (χ1n) is 12.9. The van der Waals surface area contributed by atoms with E-state index < -0.39 is 29.3 Å². The molecule has 0 aromatic heterocycles. The van der Waals surface area contributed by atoms with Crippen LogP contribution >= 0.6 is 0 Å². The van der Waals surface area contributed by atoms with Crippen LogP contribution in [0.5, 0.6) is 0 Å². The molecule has 0 aliphatic heterocycles. The van der Waals surface area contributed by atoms with Crippen LogP contribution in [0.3, 0.4) is 0 Å². The van der Waals surface area contributed by atoms with Crippen LogP contribution in [0.1, 0.15) is 99.6 Å². The molecule has 198 valence electrons. The molecule has 7 heteroatoms. The van der Waals surface area contributed by atoms with Gasteiger partial charge in [0.2, 0.25) is 11.8 Å². The summed E-state index contributed by atoms with van der Waals surface area (Å²) in [5, 5.41) is 5.82. The Labute approximate surface area is 212 Å². The fraction of sp³-hybridized carbons (Fsp3) is 0.679. The number of carbonyl (C=O) groups excluding carboxylic acids is 3. The van der Waals surface area contributed by atoms with E-state index in [9.17, 15) is 14.4 Å². The second-order valence-electron chi connectivity index (χ2n) is 11.2. The summed E-state index contributed by atoms with van der Waals surface area (Å²) in [6.45, 7) is 17.9. The number of benzene rings is 1. The number of rotatable bonds is 12. The van der Waals surface area contributed by atoms with Gasteiger partial charge in [0.05, 0.1) is 0 Å². The number of alkyl carbamates (subject to hydrolysis) is 1. The Hall–Kier alpha value is -2.57. The van der Waals surface area contributed by atoms with E-state index in [4.69, 9.17) is 4.74 Å². The van der Waals surface area contributed by atoms with Crippen LogP contribution in [0, 0.1) is 5.92 Å². The molecule has 0 radical (unpaired) electrons. The Bertz CT molecular complexity index is 815. The molecule has 0 heterocycles. The highest BCUT2D eigenvalue weighted by Crippen LogP contribution is 2.32. The van der Waals surface area contributed by atoms with Gasteiger partial charge >= 0.3 is 6.09 Å². The third-order valence-corrected chi connectivity index (χ3v) is 5.90. The van der Waals surface area contributed by atoms with Crippen LogP contribution in [-0.2, 0) is 14.3 Å². The maximum Gasteiger partial charge on any atom is 0.408 e. The van der Waals surface area contributed by atoms with Crippen LogP contribution < -0.4 is 10.6 Å². The van der Waals surface area contributed by atoms with E-state index in [1.807, 2.05) is 65.0 Å². The van der Waals surface area contributed by atoms with E-state index in [2.05, 4.69) is 17.6 Å². The van der Waals surface area contributed by atoms with Gasteiger partial charge in [-0.1, -0.05) is 64.4 Å². The Morgan fingerprint density at radius 1 is 1.00 bits per heavy atom. The molecular formula is C28H47N3O4. The van der Waals surface area contributed by atoms with Crippen LogP contribution in [-0.4, -0.2) is 46.5 Å². The van der Waals surface area contributed by atoms with Gasteiger partial charge in [-0.2, -0.15) is 0 Å². The maximum atomic E-state index is 14.2. The predicted molar refractivity (Wildman–Crippen MR) is 141 cm³/mol. The van der Waals surface area contributed by atoms with Gasteiger partial charge < -0.3 is 20.3 Å². The zero-order valence-electron chi connectivity index (χ0n) is 23.2. The van der Waals surface area contributed by atoms with E-state index in [0.29, 0.717) is 19.4 Å². The lowest BCUT2D eigenvalue weighted by Crippen LogP contribution is -2.59. The summed E-state index contributed by atoms with van der Waals surface area (Å²) >= 11 is 0. The molecule has 0 saturated heterocycles. The van der Waals surface area contributed by atoms with E-state index in [1.54, 1.807) is 25.7 Å². The summed E-state index contributed by atoms with van der Waals surface area (Å²) in [6.07, 6.45) is 2.22. The highest BCUT2D eigenvalue weighted by molar-refractivity contribution is 5.92. The van der Waals surface area contributed by atoms with Crippen molar-refractivity contribution < 1.29 is 19.1 Å². The Kier molecular flexibility index (Phi) is 11.7. The van der Waals surface area contributed by atoms with Crippen LogP contribution in [0.25, 0.3) is 0 Å². The molecular weight excluding hydrogens is 442 g/mol. The van der Waals surface area contributed by atoms with Crippen molar-refractivity contribution in [1.82, 2.24) is 15.5 Å². The number of hydrogen-bond donors (Lipinski definition) is 2. The molecule has 2 unspecified atom stereocenters. The number of carbonyl (C=O) groups is 3. The van der Waals surface area contributed by atoms with Crippen molar-refractivity contribution in [2.45, 2.75) is 111 Å². The fourth-order valence-electron chi connectivity index (χ4n) is 3.79. The summed E-state index contributed by atoms with van der Waals surface area (Å²) in [7, 11) is 0. The van der Waals surface area contributed by atoms with Crippen molar-refractivity contribution in [3.8, 4) is 0 Å². The molecule has 35 heavy (non-hydrogen) atoms. The Morgan fingerprint density at radius 2 is 1.60 bits per heavy atom. The van der Waals surface area contributed by atoms with Crippen LogP contribution in [0.15, 0.2) is 30.3 Å². The maximum absolute atomic E-state index is 14.2. The fourth-order valence-corrected chi connectivity index (χ4v) is 3.79. The minimum absolute atomic E-state index is 0.138. The number of hydrogen-bond acceptors (Lipinski definition) is 4. The number of ether oxygens (including phenoxy) is 1. The Balaban J connectivity index is 3.51. The first-order valence-corrected chi connectivity index (χ1v) is 12.9. The first kappa shape index (κ1) is 30.5. The zero-order chi connectivity index (χ0) is 26.8. The lowest BCUT2D eigenvalue weighted by atomic mass is 9.91. The minimum Gasteiger partial charge on any atom is -0.444 e. The highest BCUT2D eigenvalue weighted by atomic mass is 16.6. The molecule has 0 saturated carbocycles. The lowest BCUT2D eigenvalue weighted by Gasteiger charge is -2.44. The average molecular weight is 490 g/mol. The zero-order valence-corrected chi connectivity index (χ0v) is 23.2. The molecule has 7 nitrogen and oxygen atoms in total. The van der Waals surface area contributed by atoms with Gasteiger partial charge in [0.1, 0.15) is 17.7 Å². The summed E-state index contributed by atoms with van der Waals surface area (Å²) in [5.74, 6) is -0.380. The van der Waals surface area contributed by atoms with Crippen LogP contribution in [0.2, 0.25) is 0 Å². The van der Waals surface area contributed by atoms with Crippen molar-refractivity contribution in [3.05, 3.63) is 35.9 Å². The van der Waals surface area contributed by atoms with Crippen molar-refractivity contribution in [2.75, 3.05) is 6.54 Å². The molecule has 1 rings (SSSR count). The molecule has 1 aromatic carbocycles. The van der Waals surface area contributed by atoms with E-state index in [1.165, 1.54) is 0 Å². The molecule has 0 fully saturated rings. The molecule has 0 aliphatic carbocycles. The number of nitrogens with one attached hydrogen (secondary N) is 2. The smallest absolute Gasteiger partial charge is 0.408 e. The number of nitrogens with zero attached hydrogens (tertiary/aromatic N) is 1. The largest absolute Gasteiger partial charge is 0.444 e. The third kappa shape index (κ3) is 9.90. The molecule has 2 atom stereocenters. The van der Waals surface area contributed by atoms with E-state index >= 15 is 0 Å². The second kappa shape index (κ2) is 13.5. The first-order chi connectivity index (χ1) is 16.2. The van der Waals surface area contributed by atoms with Gasteiger partial charge in [-0.15, -0.1) is 0 Å². The monoisotopic (exact) mass is 489 g/mol. The average Bonchev–Trinajstić information content (AvgIpc) is 2.75. The van der Waals surface area contributed by atoms with Gasteiger partial charge in [0, 0.05) is 12.1 Å². The molecule has 0 bridgehead atoms. The normalized spacial score (nSPS) is 13.7. The van der Waals surface area contributed by atoms with Gasteiger partial charge in [-0.3, -0.25) is 9.59 Å². The van der Waals surface area contributed by atoms with Crippen LogP contribution in [0.4, 0.5) is 4.79 Å². The summed E-state index contributed by atoms with van der Waals surface area (Å²) in [6, 6.07) is 7.71. The van der Waals surface area contributed by atoms with Crippen molar-refractivity contribution in [1.29, 1.82) is 0 Å². The van der Waals surface area contributed by atoms with E-state index in [-0.39, 0.29) is 17.7 Å². The molecule has 0 spiro atoms. The Morgan fingerprint density at radius 3 is 2.09 bits per heavy atom. The van der Waals surface area contributed by atoms with Crippen molar-refractivity contribution in [3.63, 3.8) is 0 Å². The molecule has 3 amide bonds. The van der Waals surface area contributed by atoms with E-state index in [0.717, 1.165) is 18.4 Å². The predicted octanol–water partition coefficient (Wildman–Crippen LogP) is 5.60. The SMILES string of the molecule is CCCCNC(=O)C(c1ccccc1)N(C(=O)C(CC(C)C)NC(=O)OC(C)(C)C)C(C)(C)CC. The van der Waals surface area contributed by atoms with Gasteiger partial charge in [-0.05, 0) is 65.4 Å². The van der Waals surface area contributed by atoms with Gasteiger partial charge in [0.15, 0.2) is 0 Å². The summed E-state index contributed by atoms with van der Waals surface area (Å²) in [5.41, 5.74) is -0.606. The highest BCUT2D eigenvalue weighted by Gasteiger charge is 2.43. The quantitative estimate of drug-likeness (QED) is 0.374. The topological polar surface area (TPSA) is 87.7 Å². The summed E-state index contributed by atoms with van der Waals surface area (Å²) < 4.78 is 5.45. The number of amides is 3. The number of unbranched alkanes of at least 4 members (excludes halogenated alkanes) is 1. The van der Waals surface area contributed by atoms with Gasteiger partial charge in [-0.25, -0.2) is 4.79 Å². The third-order valence-electron chi connectivity index (χ3n) is 5.90. The standard InChI is InChI=1S/C28H47N3O4/c1-10-12-18-29-24(32)23(21-16-14-13-15-17-21)31(28(8,9)11-2)25(33)22(19-20(3)4)30-26(34)35-27(5,6)7/h13-17,20,22-23H,10-12,18-19H2,1-9H3,(H,29,32)(H,30,34). The van der Waals surface area contributed by atoms with Gasteiger partial charge in [0.25, 0.3) is 0 Å². The van der Waals surface area contributed by atoms with Crippen molar-refractivity contribution in [2.24, 2.45) is 5.92 Å². The molecule has 2 N–H and O–H groups in total. The molecule has 1 aromatic rings.